The summed E-state index contributed by atoms with van der Waals surface area (Å²) in [5, 5.41) is 5.58. The Balaban J connectivity index is 1.85. The first-order chi connectivity index (χ1) is 13.4. The highest BCUT2D eigenvalue weighted by Gasteiger charge is 2.24. The van der Waals surface area contributed by atoms with Crippen LogP contribution in [0.3, 0.4) is 0 Å². The maximum absolute atomic E-state index is 12.5. The molecule has 28 heavy (non-hydrogen) atoms. The summed E-state index contributed by atoms with van der Waals surface area (Å²) in [5.74, 6) is 1.00. The number of hydrogen-bond donors (Lipinski definition) is 2. The number of carbonyl (C=O) groups is 3. The third-order valence-electron chi connectivity index (χ3n) is 4.75. The molecular weight excluding hydrogens is 362 g/mol. The molecule has 3 amide bonds. The molecule has 1 heterocycles. The number of ether oxygens (including phenoxy) is 2. The van der Waals surface area contributed by atoms with Crippen LogP contribution in [0.2, 0.25) is 0 Å². The van der Waals surface area contributed by atoms with E-state index < -0.39 is 0 Å². The molecule has 1 saturated heterocycles. The molecule has 0 bridgehead atoms. The van der Waals surface area contributed by atoms with Gasteiger partial charge in [0, 0.05) is 51.2 Å². The van der Waals surface area contributed by atoms with E-state index in [-0.39, 0.29) is 23.6 Å². The molecule has 0 aliphatic carbocycles. The van der Waals surface area contributed by atoms with E-state index in [9.17, 15) is 14.4 Å². The zero-order valence-electron chi connectivity index (χ0n) is 16.7. The number of amides is 3. The average Bonchev–Trinajstić information content (AvgIpc) is 2.71. The van der Waals surface area contributed by atoms with Crippen LogP contribution in [0.15, 0.2) is 18.2 Å². The van der Waals surface area contributed by atoms with Crippen molar-refractivity contribution in [2.45, 2.75) is 26.2 Å². The molecule has 2 N–H and O–H groups in total. The monoisotopic (exact) mass is 391 g/mol. The van der Waals surface area contributed by atoms with Crippen LogP contribution in [0.25, 0.3) is 0 Å². The Morgan fingerprint density at radius 1 is 1.11 bits per heavy atom. The minimum atomic E-state index is -0.202. The van der Waals surface area contributed by atoms with E-state index in [0.717, 1.165) is 19.4 Å². The molecule has 1 aromatic rings. The van der Waals surface area contributed by atoms with Gasteiger partial charge in [0.25, 0.3) is 5.91 Å². The highest BCUT2D eigenvalue weighted by atomic mass is 16.5. The molecule has 0 aromatic heterocycles. The molecule has 0 radical (unpaired) electrons. The topological polar surface area (TPSA) is 97.0 Å². The zero-order chi connectivity index (χ0) is 20.5. The molecule has 0 spiro atoms. The quantitative estimate of drug-likeness (QED) is 0.694. The van der Waals surface area contributed by atoms with Crippen molar-refractivity contribution in [3.63, 3.8) is 0 Å². The Hall–Kier alpha value is -2.77. The fraction of sp³-hybridized carbons (Fsp3) is 0.550. The number of hydrogen-bond acceptors (Lipinski definition) is 5. The average molecular weight is 391 g/mol. The molecule has 1 aliphatic rings. The summed E-state index contributed by atoms with van der Waals surface area (Å²) in [4.78, 5) is 37.5. The van der Waals surface area contributed by atoms with E-state index in [0.29, 0.717) is 43.1 Å². The normalized spacial score (nSPS) is 16.2. The van der Waals surface area contributed by atoms with Crippen molar-refractivity contribution in [3.05, 3.63) is 23.8 Å². The number of nitrogens with zero attached hydrogens (tertiary/aromatic N) is 1. The maximum Gasteiger partial charge on any atom is 0.251 e. The Bertz CT molecular complexity index is 685. The van der Waals surface area contributed by atoms with Gasteiger partial charge in [-0.05, 0) is 30.9 Å². The van der Waals surface area contributed by atoms with E-state index in [1.165, 1.54) is 21.1 Å². The van der Waals surface area contributed by atoms with Gasteiger partial charge in [-0.15, -0.1) is 0 Å². The fourth-order valence-electron chi connectivity index (χ4n) is 3.24. The lowest BCUT2D eigenvalue weighted by molar-refractivity contribution is -0.132. The van der Waals surface area contributed by atoms with Crippen LogP contribution in [-0.2, 0) is 9.59 Å². The summed E-state index contributed by atoms with van der Waals surface area (Å²) in [6.07, 6.45) is 2.15. The van der Waals surface area contributed by atoms with E-state index in [4.69, 9.17) is 9.47 Å². The zero-order valence-corrected chi connectivity index (χ0v) is 16.7. The maximum atomic E-state index is 12.5. The SMILES string of the molecule is COc1cc(OC)cc(C(=O)NCC2CCCN(C(=O)CCNC(C)=O)C2)c1. The van der Waals surface area contributed by atoms with Crippen molar-refractivity contribution in [1.29, 1.82) is 0 Å². The molecule has 1 aliphatic heterocycles. The summed E-state index contributed by atoms with van der Waals surface area (Å²) in [6.45, 7) is 3.61. The highest BCUT2D eigenvalue weighted by molar-refractivity contribution is 5.95. The number of nitrogens with one attached hydrogen (secondary N) is 2. The van der Waals surface area contributed by atoms with Gasteiger partial charge in [0.15, 0.2) is 0 Å². The van der Waals surface area contributed by atoms with Crippen LogP contribution in [0, 0.1) is 5.92 Å². The van der Waals surface area contributed by atoms with Crippen molar-refractivity contribution < 1.29 is 23.9 Å². The molecule has 1 unspecified atom stereocenters. The van der Waals surface area contributed by atoms with Crippen molar-refractivity contribution in [2.75, 3.05) is 40.4 Å². The first kappa shape index (κ1) is 21.5. The number of methoxy groups -OCH3 is 2. The van der Waals surface area contributed by atoms with Crippen LogP contribution >= 0.6 is 0 Å². The van der Waals surface area contributed by atoms with Crippen LogP contribution < -0.4 is 20.1 Å². The molecule has 1 fully saturated rings. The Morgan fingerprint density at radius 3 is 2.39 bits per heavy atom. The van der Waals surface area contributed by atoms with Gasteiger partial charge in [0.2, 0.25) is 11.8 Å². The van der Waals surface area contributed by atoms with Gasteiger partial charge in [-0.2, -0.15) is 0 Å². The number of piperidine rings is 1. The molecule has 8 heteroatoms. The number of likely N-dealkylation sites (tertiary alicyclic amines) is 1. The Kier molecular flexibility index (Phi) is 8.10. The predicted molar refractivity (Wildman–Crippen MR) is 104 cm³/mol. The van der Waals surface area contributed by atoms with Crippen molar-refractivity contribution in [2.24, 2.45) is 5.92 Å². The second kappa shape index (κ2) is 10.5. The number of benzene rings is 1. The fourth-order valence-corrected chi connectivity index (χ4v) is 3.24. The third-order valence-corrected chi connectivity index (χ3v) is 4.75. The lowest BCUT2D eigenvalue weighted by atomic mass is 9.97. The number of carbonyl (C=O) groups excluding carboxylic acids is 3. The van der Waals surface area contributed by atoms with Crippen molar-refractivity contribution in [1.82, 2.24) is 15.5 Å². The van der Waals surface area contributed by atoms with Crippen LogP contribution in [-0.4, -0.2) is 63.0 Å². The van der Waals surface area contributed by atoms with Gasteiger partial charge in [-0.25, -0.2) is 0 Å². The largest absolute Gasteiger partial charge is 0.497 e. The Labute approximate surface area is 165 Å². The predicted octanol–water partition coefficient (Wildman–Crippen LogP) is 1.20. The standard InChI is InChI=1S/C20H29N3O5/c1-14(24)21-7-6-19(25)23-8-4-5-15(13-23)12-22-20(26)16-9-17(27-2)11-18(10-16)28-3/h9-11,15H,4-8,12-13H2,1-3H3,(H,21,24)(H,22,26). The minimum Gasteiger partial charge on any atom is -0.497 e. The summed E-state index contributed by atoms with van der Waals surface area (Å²) in [7, 11) is 3.08. The van der Waals surface area contributed by atoms with E-state index in [1.807, 2.05) is 4.90 Å². The second-order valence-electron chi connectivity index (χ2n) is 6.89. The Morgan fingerprint density at radius 2 is 1.79 bits per heavy atom. The first-order valence-electron chi connectivity index (χ1n) is 9.46. The first-order valence-corrected chi connectivity index (χ1v) is 9.46. The molecule has 0 saturated carbocycles. The van der Waals surface area contributed by atoms with Gasteiger partial charge in [0.05, 0.1) is 14.2 Å². The smallest absolute Gasteiger partial charge is 0.251 e. The summed E-state index contributed by atoms with van der Waals surface area (Å²) < 4.78 is 10.4. The molecule has 1 atom stereocenters. The van der Waals surface area contributed by atoms with Gasteiger partial charge in [-0.3, -0.25) is 14.4 Å². The van der Waals surface area contributed by atoms with Crippen molar-refractivity contribution in [3.8, 4) is 11.5 Å². The lowest BCUT2D eigenvalue weighted by Crippen LogP contribution is -2.44. The van der Waals surface area contributed by atoms with Gasteiger partial charge < -0.3 is 25.0 Å². The van der Waals surface area contributed by atoms with E-state index in [2.05, 4.69) is 10.6 Å². The third kappa shape index (κ3) is 6.44. The minimum absolute atomic E-state index is 0.0299. The van der Waals surface area contributed by atoms with Gasteiger partial charge in [-0.1, -0.05) is 0 Å². The van der Waals surface area contributed by atoms with Crippen LogP contribution in [0.1, 0.15) is 36.5 Å². The molecule has 2 rings (SSSR count). The van der Waals surface area contributed by atoms with Gasteiger partial charge >= 0.3 is 0 Å². The molecule has 8 nitrogen and oxygen atoms in total. The van der Waals surface area contributed by atoms with Crippen LogP contribution in [0.4, 0.5) is 0 Å². The van der Waals surface area contributed by atoms with Gasteiger partial charge in [0.1, 0.15) is 11.5 Å². The van der Waals surface area contributed by atoms with Crippen LogP contribution in [0.5, 0.6) is 11.5 Å². The number of rotatable bonds is 8. The van der Waals surface area contributed by atoms with E-state index >= 15 is 0 Å². The summed E-state index contributed by atoms with van der Waals surface area (Å²) in [6, 6.07) is 5.04. The van der Waals surface area contributed by atoms with E-state index in [1.54, 1.807) is 18.2 Å². The second-order valence-corrected chi connectivity index (χ2v) is 6.89. The highest BCUT2D eigenvalue weighted by Crippen LogP contribution is 2.23. The van der Waals surface area contributed by atoms with Crippen molar-refractivity contribution >= 4 is 17.7 Å². The lowest BCUT2D eigenvalue weighted by Gasteiger charge is -2.33. The summed E-state index contributed by atoms with van der Waals surface area (Å²) >= 11 is 0. The molecular formula is C20H29N3O5. The molecule has 1 aromatic carbocycles. The molecule has 154 valence electrons. The summed E-state index contributed by atoms with van der Waals surface area (Å²) in [5.41, 5.74) is 0.468.